The van der Waals surface area contributed by atoms with Crippen LogP contribution in [0.3, 0.4) is 0 Å². The molecule has 0 saturated heterocycles. The van der Waals surface area contributed by atoms with Gasteiger partial charge in [0.2, 0.25) is 5.91 Å². The monoisotopic (exact) mass is 360 g/mol. The number of amides is 3. The van der Waals surface area contributed by atoms with Crippen molar-refractivity contribution in [1.82, 2.24) is 20.5 Å². The molecular formula is C18H24N4O2S. The molecule has 0 aliphatic heterocycles. The van der Waals surface area contributed by atoms with Gasteiger partial charge < -0.3 is 5.32 Å². The summed E-state index contributed by atoms with van der Waals surface area (Å²) in [5.41, 5.74) is 0.979. The van der Waals surface area contributed by atoms with Crippen molar-refractivity contribution in [1.29, 1.82) is 0 Å². The van der Waals surface area contributed by atoms with E-state index in [1.54, 1.807) is 11.3 Å². The van der Waals surface area contributed by atoms with E-state index in [4.69, 9.17) is 0 Å². The standard InChI is InChI=1S/C18H24N4O2S/c1-22(12-17-20-14-9-5-6-10-15(14)25-17)11-16(23)21-18(24)19-13-7-3-2-4-8-13/h5-6,9-10,13H,2-4,7-8,11-12H2,1H3,(H2,19,21,23,24). The highest BCUT2D eigenvalue weighted by Gasteiger charge is 2.17. The van der Waals surface area contributed by atoms with Gasteiger partial charge in [-0.15, -0.1) is 11.3 Å². The number of hydrogen-bond acceptors (Lipinski definition) is 5. The highest BCUT2D eigenvalue weighted by Crippen LogP contribution is 2.22. The predicted molar refractivity (Wildman–Crippen MR) is 99.5 cm³/mol. The van der Waals surface area contributed by atoms with Crippen LogP contribution in [-0.4, -0.2) is 41.5 Å². The minimum atomic E-state index is -0.384. The molecule has 2 aromatic rings. The largest absolute Gasteiger partial charge is 0.335 e. The Bertz CT molecular complexity index is 707. The van der Waals surface area contributed by atoms with Crippen LogP contribution < -0.4 is 10.6 Å². The number of likely N-dealkylation sites (N-methyl/N-ethyl adjacent to an activating group) is 1. The van der Waals surface area contributed by atoms with Crippen LogP contribution >= 0.6 is 11.3 Å². The normalized spacial score (nSPS) is 15.4. The van der Waals surface area contributed by atoms with Gasteiger partial charge in [0.15, 0.2) is 0 Å². The smallest absolute Gasteiger partial charge is 0.321 e. The number of thiazole rings is 1. The Hall–Kier alpha value is -1.99. The summed E-state index contributed by atoms with van der Waals surface area (Å²) in [5, 5.41) is 6.27. The topological polar surface area (TPSA) is 74.3 Å². The molecule has 1 aliphatic rings. The quantitative estimate of drug-likeness (QED) is 0.860. The summed E-state index contributed by atoms with van der Waals surface area (Å²) in [5.74, 6) is -0.295. The molecule has 1 fully saturated rings. The molecular weight excluding hydrogens is 336 g/mol. The SMILES string of the molecule is CN(CC(=O)NC(=O)NC1CCCCC1)Cc1nc2ccccc2s1. The van der Waals surface area contributed by atoms with E-state index in [9.17, 15) is 9.59 Å². The van der Waals surface area contributed by atoms with Gasteiger partial charge in [0.1, 0.15) is 5.01 Å². The summed E-state index contributed by atoms with van der Waals surface area (Å²) in [6.07, 6.45) is 5.52. The lowest BCUT2D eigenvalue weighted by Gasteiger charge is -2.23. The van der Waals surface area contributed by atoms with E-state index in [0.29, 0.717) is 6.54 Å². The van der Waals surface area contributed by atoms with Gasteiger partial charge in [-0.25, -0.2) is 9.78 Å². The third kappa shape index (κ3) is 5.24. The average Bonchev–Trinajstić information content (AvgIpc) is 2.97. The lowest BCUT2D eigenvalue weighted by Crippen LogP contribution is -2.47. The summed E-state index contributed by atoms with van der Waals surface area (Å²) in [7, 11) is 1.85. The first-order valence-corrected chi connectivity index (χ1v) is 9.55. The number of benzene rings is 1. The Balaban J connectivity index is 1.44. The zero-order valence-electron chi connectivity index (χ0n) is 14.5. The van der Waals surface area contributed by atoms with Gasteiger partial charge >= 0.3 is 6.03 Å². The predicted octanol–water partition coefficient (Wildman–Crippen LogP) is 2.89. The molecule has 1 aromatic carbocycles. The van der Waals surface area contributed by atoms with Crippen LogP contribution in [0.15, 0.2) is 24.3 Å². The summed E-state index contributed by atoms with van der Waals surface area (Å²) in [6, 6.07) is 7.80. The van der Waals surface area contributed by atoms with E-state index >= 15 is 0 Å². The fraction of sp³-hybridized carbons (Fsp3) is 0.500. The highest BCUT2D eigenvalue weighted by molar-refractivity contribution is 7.18. The zero-order chi connectivity index (χ0) is 17.6. The first-order valence-electron chi connectivity index (χ1n) is 8.73. The van der Waals surface area contributed by atoms with Crippen molar-refractivity contribution in [3.05, 3.63) is 29.3 Å². The van der Waals surface area contributed by atoms with Crippen LogP contribution in [0.1, 0.15) is 37.1 Å². The number of hydrogen-bond donors (Lipinski definition) is 2. The molecule has 0 radical (unpaired) electrons. The van der Waals surface area contributed by atoms with E-state index in [1.807, 2.05) is 36.2 Å². The summed E-state index contributed by atoms with van der Waals surface area (Å²) in [4.78, 5) is 30.4. The maximum atomic E-state index is 12.0. The minimum Gasteiger partial charge on any atom is -0.335 e. The number of aromatic nitrogens is 1. The molecule has 0 unspecified atom stereocenters. The number of rotatable bonds is 5. The van der Waals surface area contributed by atoms with Crippen molar-refractivity contribution < 1.29 is 9.59 Å². The fourth-order valence-electron chi connectivity index (χ4n) is 3.15. The van der Waals surface area contributed by atoms with Gasteiger partial charge in [0, 0.05) is 6.04 Å². The van der Waals surface area contributed by atoms with Crippen molar-refractivity contribution in [3.63, 3.8) is 0 Å². The Kier molecular flexibility index (Phi) is 5.99. The summed E-state index contributed by atoms with van der Waals surface area (Å²) in [6.45, 7) is 0.741. The Morgan fingerprint density at radius 2 is 2.00 bits per heavy atom. The molecule has 2 N–H and O–H groups in total. The summed E-state index contributed by atoms with van der Waals surface area (Å²) < 4.78 is 1.14. The number of imide groups is 1. The second-order valence-corrected chi connectivity index (χ2v) is 7.72. The molecule has 6 nitrogen and oxygen atoms in total. The molecule has 1 saturated carbocycles. The van der Waals surface area contributed by atoms with Crippen molar-refractivity contribution in [2.75, 3.05) is 13.6 Å². The number of urea groups is 1. The highest BCUT2D eigenvalue weighted by atomic mass is 32.1. The lowest BCUT2D eigenvalue weighted by molar-refractivity contribution is -0.121. The lowest BCUT2D eigenvalue weighted by atomic mass is 9.96. The van der Waals surface area contributed by atoms with Crippen molar-refractivity contribution in [2.24, 2.45) is 0 Å². The third-order valence-electron chi connectivity index (χ3n) is 4.35. The van der Waals surface area contributed by atoms with E-state index in [0.717, 1.165) is 40.9 Å². The van der Waals surface area contributed by atoms with Crippen LogP contribution in [0.4, 0.5) is 4.79 Å². The van der Waals surface area contributed by atoms with Crippen molar-refractivity contribution >= 4 is 33.5 Å². The second kappa shape index (κ2) is 8.40. The van der Waals surface area contributed by atoms with E-state index in [1.165, 1.54) is 6.42 Å². The van der Waals surface area contributed by atoms with Gasteiger partial charge in [-0.1, -0.05) is 31.4 Å². The van der Waals surface area contributed by atoms with Crippen LogP contribution in [-0.2, 0) is 11.3 Å². The molecule has 1 aromatic heterocycles. The fourth-order valence-corrected chi connectivity index (χ4v) is 4.20. The van der Waals surface area contributed by atoms with Crippen LogP contribution in [0.5, 0.6) is 0 Å². The molecule has 3 amide bonds. The average molecular weight is 360 g/mol. The molecule has 25 heavy (non-hydrogen) atoms. The van der Waals surface area contributed by atoms with Crippen molar-refractivity contribution in [2.45, 2.75) is 44.7 Å². The number of para-hydroxylation sites is 1. The van der Waals surface area contributed by atoms with Crippen LogP contribution in [0.25, 0.3) is 10.2 Å². The van der Waals surface area contributed by atoms with Gasteiger partial charge in [-0.05, 0) is 32.0 Å². The molecule has 3 rings (SSSR count). The van der Waals surface area contributed by atoms with Crippen molar-refractivity contribution in [3.8, 4) is 0 Å². The molecule has 0 bridgehead atoms. The first-order chi connectivity index (χ1) is 12.1. The van der Waals surface area contributed by atoms with E-state index in [-0.39, 0.29) is 24.5 Å². The number of fused-ring (bicyclic) bond motifs is 1. The minimum absolute atomic E-state index is 0.161. The maximum Gasteiger partial charge on any atom is 0.321 e. The molecule has 1 heterocycles. The summed E-state index contributed by atoms with van der Waals surface area (Å²) >= 11 is 1.63. The Labute approximate surface area is 151 Å². The second-order valence-electron chi connectivity index (χ2n) is 6.60. The van der Waals surface area contributed by atoms with Gasteiger partial charge in [-0.2, -0.15) is 0 Å². The van der Waals surface area contributed by atoms with Gasteiger partial charge in [0.05, 0.1) is 23.3 Å². The number of carbonyl (C=O) groups excluding carboxylic acids is 2. The molecule has 134 valence electrons. The van der Waals surface area contributed by atoms with E-state index in [2.05, 4.69) is 15.6 Å². The maximum absolute atomic E-state index is 12.0. The van der Waals surface area contributed by atoms with Crippen LogP contribution in [0, 0.1) is 0 Å². The molecule has 1 aliphatic carbocycles. The Morgan fingerprint density at radius 1 is 1.24 bits per heavy atom. The van der Waals surface area contributed by atoms with Crippen LogP contribution in [0.2, 0.25) is 0 Å². The van der Waals surface area contributed by atoms with Gasteiger partial charge in [-0.3, -0.25) is 15.0 Å². The number of carbonyl (C=O) groups is 2. The number of nitrogens with zero attached hydrogens (tertiary/aromatic N) is 2. The number of nitrogens with one attached hydrogen (secondary N) is 2. The molecule has 0 atom stereocenters. The third-order valence-corrected chi connectivity index (χ3v) is 5.37. The van der Waals surface area contributed by atoms with Gasteiger partial charge in [0.25, 0.3) is 0 Å². The molecule has 7 heteroatoms. The Morgan fingerprint density at radius 3 is 2.76 bits per heavy atom. The van der Waals surface area contributed by atoms with E-state index < -0.39 is 0 Å². The first kappa shape index (κ1) is 17.8. The zero-order valence-corrected chi connectivity index (χ0v) is 15.3. The molecule has 0 spiro atoms.